The van der Waals surface area contributed by atoms with E-state index >= 15 is 0 Å². The monoisotopic (exact) mass is 233 g/mol. The van der Waals surface area contributed by atoms with Gasteiger partial charge in [-0.1, -0.05) is 0 Å². The van der Waals surface area contributed by atoms with Crippen molar-refractivity contribution in [1.29, 1.82) is 0 Å². The molecule has 6 heteroatoms. The van der Waals surface area contributed by atoms with Crippen molar-refractivity contribution in [2.45, 2.75) is 6.92 Å². The average Bonchev–Trinajstić information content (AvgIpc) is 2.75. The summed E-state index contributed by atoms with van der Waals surface area (Å²) in [7, 11) is 1.41. The fourth-order valence-electron chi connectivity index (χ4n) is 1.45. The molecule has 0 atom stereocenters. The number of imidazole rings is 1. The van der Waals surface area contributed by atoms with Crippen LogP contribution in [0.3, 0.4) is 0 Å². The standard InChI is InChI=1S/C11H11N3O3/c1-7-5-14(6-13-7)8-3-9(17-2)10(11(15)16)12-4-8/h3-6H,1-2H3,(H,15,16). The SMILES string of the molecule is COc1cc(-n2cnc(C)c2)cnc1C(=O)O. The van der Waals surface area contributed by atoms with E-state index in [-0.39, 0.29) is 11.4 Å². The number of methoxy groups -OCH3 is 1. The van der Waals surface area contributed by atoms with E-state index in [2.05, 4.69) is 9.97 Å². The summed E-state index contributed by atoms with van der Waals surface area (Å²) >= 11 is 0. The normalized spacial score (nSPS) is 10.2. The Balaban J connectivity index is 2.48. The molecule has 0 aliphatic heterocycles. The minimum Gasteiger partial charge on any atom is -0.494 e. The van der Waals surface area contributed by atoms with Crippen LogP contribution in [0.15, 0.2) is 24.8 Å². The maximum absolute atomic E-state index is 10.9. The first-order valence-electron chi connectivity index (χ1n) is 4.90. The van der Waals surface area contributed by atoms with Crippen molar-refractivity contribution in [2.75, 3.05) is 7.11 Å². The number of hydrogen-bond donors (Lipinski definition) is 1. The highest BCUT2D eigenvalue weighted by Gasteiger charge is 2.13. The molecular formula is C11H11N3O3. The molecule has 0 bridgehead atoms. The number of ether oxygens (including phenoxy) is 1. The largest absolute Gasteiger partial charge is 0.494 e. The molecule has 0 spiro atoms. The lowest BCUT2D eigenvalue weighted by atomic mass is 10.3. The molecule has 2 aromatic rings. The van der Waals surface area contributed by atoms with Crippen molar-refractivity contribution in [1.82, 2.24) is 14.5 Å². The topological polar surface area (TPSA) is 77.2 Å². The Morgan fingerprint density at radius 3 is 2.76 bits per heavy atom. The van der Waals surface area contributed by atoms with Gasteiger partial charge in [0.15, 0.2) is 11.4 Å². The van der Waals surface area contributed by atoms with E-state index in [0.29, 0.717) is 5.69 Å². The third-order valence-electron chi connectivity index (χ3n) is 2.27. The molecule has 1 N–H and O–H groups in total. The Morgan fingerprint density at radius 2 is 2.24 bits per heavy atom. The Bertz CT molecular complexity index is 563. The van der Waals surface area contributed by atoms with Gasteiger partial charge in [0.25, 0.3) is 0 Å². The van der Waals surface area contributed by atoms with E-state index in [1.165, 1.54) is 13.3 Å². The first-order valence-corrected chi connectivity index (χ1v) is 4.90. The van der Waals surface area contributed by atoms with Crippen LogP contribution in [0.4, 0.5) is 0 Å². The molecule has 0 saturated heterocycles. The summed E-state index contributed by atoms with van der Waals surface area (Å²) in [5, 5.41) is 8.90. The molecule has 0 aliphatic carbocycles. The smallest absolute Gasteiger partial charge is 0.358 e. The van der Waals surface area contributed by atoms with Crippen LogP contribution >= 0.6 is 0 Å². The van der Waals surface area contributed by atoms with Crippen LogP contribution in [0.5, 0.6) is 5.75 Å². The summed E-state index contributed by atoms with van der Waals surface area (Å²) in [6.07, 6.45) is 4.91. The molecule has 0 amide bonds. The zero-order valence-corrected chi connectivity index (χ0v) is 9.41. The number of pyridine rings is 1. The molecule has 17 heavy (non-hydrogen) atoms. The molecule has 2 rings (SSSR count). The van der Waals surface area contributed by atoms with Crippen molar-refractivity contribution in [3.8, 4) is 11.4 Å². The van der Waals surface area contributed by atoms with E-state index in [1.807, 2.05) is 13.1 Å². The molecule has 6 nitrogen and oxygen atoms in total. The fraction of sp³-hybridized carbons (Fsp3) is 0.182. The average molecular weight is 233 g/mol. The van der Waals surface area contributed by atoms with E-state index < -0.39 is 5.97 Å². The molecular weight excluding hydrogens is 222 g/mol. The number of aromatic carboxylic acids is 1. The number of carboxylic acid groups (broad SMARTS) is 1. The van der Waals surface area contributed by atoms with Crippen molar-refractivity contribution in [3.05, 3.63) is 36.2 Å². The van der Waals surface area contributed by atoms with Gasteiger partial charge in [-0.25, -0.2) is 14.8 Å². The highest BCUT2D eigenvalue weighted by atomic mass is 16.5. The third kappa shape index (κ3) is 2.10. The van der Waals surface area contributed by atoms with Gasteiger partial charge in [-0.2, -0.15) is 0 Å². The second-order valence-electron chi connectivity index (χ2n) is 3.47. The third-order valence-corrected chi connectivity index (χ3v) is 2.27. The summed E-state index contributed by atoms with van der Waals surface area (Å²) < 4.78 is 6.75. The minimum absolute atomic E-state index is 0.104. The number of aryl methyl sites for hydroxylation is 1. The predicted octanol–water partition coefficient (Wildman–Crippen LogP) is 1.28. The lowest BCUT2D eigenvalue weighted by Gasteiger charge is -2.07. The van der Waals surface area contributed by atoms with Crippen LogP contribution in [0.1, 0.15) is 16.2 Å². The van der Waals surface area contributed by atoms with Crippen molar-refractivity contribution in [2.24, 2.45) is 0 Å². The summed E-state index contributed by atoms with van der Waals surface area (Å²) in [6.45, 7) is 1.87. The van der Waals surface area contributed by atoms with E-state index in [4.69, 9.17) is 9.84 Å². The van der Waals surface area contributed by atoms with Crippen LogP contribution in [0, 0.1) is 6.92 Å². The predicted molar refractivity (Wildman–Crippen MR) is 59.6 cm³/mol. The molecule has 2 heterocycles. The summed E-state index contributed by atoms with van der Waals surface area (Å²) in [6, 6.07) is 1.61. The highest BCUT2D eigenvalue weighted by Crippen LogP contribution is 2.20. The quantitative estimate of drug-likeness (QED) is 0.864. The maximum atomic E-state index is 10.9. The minimum atomic E-state index is -1.12. The molecule has 0 radical (unpaired) electrons. The fourth-order valence-corrected chi connectivity index (χ4v) is 1.45. The van der Waals surface area contributed by atoms with Gasteiger partial charge in [0.2, 0.25) is 0 Å². The van der Waals surface area contributed by atoms with Gasteiger partial charge in [-0.05, 0) is 6.92 Å². The molecule has 0 saturated carbocycles. The molecule has 0 aromatic carbocycles. The number of carboxylic acids is 1. The van der Waals surface area contributed by atoms with Gasteiger partial charge >= 0.3 is 5.97 Å². The van der Waals surface area contributed by atoms with Gasteiger partial charge in [0.05, 0.1) is 31.0 Å². The van der Waals surface area contributed by atoms with Crippen LogP contribution in [0.25, 0.3) is 5.69 Å². The number of carbonyl (C=O) groups is 1. The lowest BCUT2D eigenvalue weighted by Crippen LogP contribution is -2.05. The Labute approximate surface area is 97.5 Å². The molecule has 88 valence electrons. The second kappa shape index (κ2) is 4.25. The van der Waals surface area contributed by atoms with Crippen molar-refractivity contribution < 1.29 is 14.6 Å². The van der Waals surface area contributed by atoms with Crippen molar-refractivity contribution >= 4 is 5.97 Å². The van der Waals surface area contributed by atoms with Crippen LogP contribution < -0.4 is 4.74 Å². The zero-order chi connectivity index (χ0) is 12.4. The van der Waals surface area contributed by atoms with E-state index in [0.717, 1.165) is 5.69 Å². The lowest BCUT2D eigenvalue weighted by molar-refractivity contribution is 0.0686. The number of aromatic nitrogens is 3. The number of hydrogen-bond acceptors (Lipinski definition) is 4. The Hall–Kier alpha value is -2.37. The second-order valence-corrected chi connectivity index (χ2v) is 3.47. The highest BCUT2D eigenvalue weighted by molar-refractivity contribution is 5.88. The van der Waals surface area contributed by atoms with Gasteiger partial charge in [-0.3, -0.25) is 0 Å². The Kier molecular flexibility index (Phi) is 2.78. The van der Waals surface area contributed by atoms with Crippen LogP contribution in [-0.4, -0.2) is 32.7 Å². The van der Waals surface area contributed by atoms with Gasteiger partial charge in [0.1, 0.15) is 0 Å². The van der Waals surface area contributed by atoms with Gasteiger partial charge < -0.3 is 14.4 Å². The maximum Gasteiger partial charge on any atom is 0.358 e. The summed E-state index contributed by atoms with van der Waals surface area (Å²) in [5.74, 6) is -0.892. The van der Waals surface area contributed by atoms with Crippen LogP contribution in [0.2, 0.25) is 0 Å². The molecule has 0 unspecified atom stereocenters. The first-order chi connectivity index (χ1) is 8.11. The molecule has 0 fully saturated rings. The zero-order valence-electron chi connectivity index (χ0n) is 9.41. The summed E-state index contributed by atoms with van der Waals surface area (Å²) in [5.41, 5.74) is 1.46. The Morgan fingerprint density at radius 1 is 1.47 bits per heavy atom. The number of nitrogens with zero attached hydrogens (tertiary/aromatic N) is 3. The molecule has 2 aromatic heterocycles. The number of rotatable bonds is 3. The first kappa shape index (κ1) is 11.1. The van der Waals surface area contributed by atoms with Crippen molar-refractivity contribution in [3.63, 3.8) is 0 Å². The van der Waals surface area contributed by atoms with Gasteiger partial charge in [-0.15, -0.1) is 0 Å². The van der Waals surface area contributed by atoms with E-state index in [1.54, 1.807) is 17.0 Å². The summed E-state index contributed by atoms with van der Waals surface area (Å²) in [4.78, 5) is 18.8. The van der Waals surface area contributed by atoms with Crippen LogP contribution in [-0.2, 0) is 0 Å². The molecule has 0 aliphatic rings. The van der Waals surface area contributed by atoms with E-state index in [9.17, 15) is 4.79 Å². The van der Waals surface area contributed by atoms with Gasteiger partial charge in [0, 0.05) is 12.3 Å².